The number of nitrogens with one attached hydrogen (secondary N) is 1. The van der Waals surface area contributed by atoms with Crippen molar-refractivity contribution in [1.29, 1.82) is 0 Å². The summed E-state index contributed by atoms with van der Waals surface area (Å²) in [6.07, 6.45) is 3.47. The van der Waals surface area contributed by atoms with E-state index in [9.17, 15) is 0 Å². The van der Waals surface area contributed by atoms with Crippen molar-refractivity contribution in [2.75, 3.05) is 7.05 Å². The predicted octanol–water partition coefficient (Wildman–Crippen LogP) is 3.97. The summed E-state index contributed by atoms with van der Waals surface area (Å²) in [5.41, 5.74) is 6.21. The number of pyridine rings is 1. The standard InChI is InChI=1S/C16H19ClN2/c1-10-7-12(3)14(8-11(10)2)16(18-4)13-5-6-19-9-15(13)17/h5-9,16,18H,1-4H3. The largest absolute Gasteiger partial charge is 0.309 e. The van der Waals surface area contributed by atoms with Gasteiger partial charge in [-0.05, 0) is 61.7 Å². The first-order valence-electron chi connectivity index (χ1n) is 6.39. The van der Waals surface area contributed by atoms with Crippen molar-refractivity contribution >= 4 is 11.6 Å². The lowest BCUT2D eigenvalue weighted by molar-refractivity contribution is 0.685. The van der Waals surface area contributed by atoms with Crippen molar-refractivity contribution in [3.8, 4) is 0 Å². The molecule has 2 aromatic rings. The van der Waals surface area contributed by atoms with E-state index in [4.69, 9.17) is 11.6 Å². The van der Waals surface area contributed by atoms with Gasteiger partial charge in [-0.1, -0.05) is 23.7 Å². The third-order valence-corrected chi connectivity index (χ3v) is 3.91. The van der Waals surface area contributed by atoms with E-state index in [0.29, 0.717) is 5.02 Å². The van der Waals surface area contributed by atoms with Crippen LogP contribution in [0.25, 0.3) is 0 Å². The van der Waals surface area contributed by atoms with Crippen molar-refractivity contribution < 1.29 is 0 Å². The molecule has 1 N–H and O–H groups in total. The molecule has 1 aromatic carbocycles. The third-order valence-electron chi connectivity index (χ3n) is 3.60. The van der Waals surface area contributed by atoms with Crippen LogP contribution in [0.4, 0.5) is 0 Å². The van der Waals surface area contributed by atoms with Gasteiger partial charge < -0.3 is 5.32 Å². The summed E-state index contributed by atoms with van der Waals surface area (Å²) in [6, 6.07) is 6.53. The molecule has 19 heavy (non-hydrogen) atoms. The van der Waals surface area contributed by atoms with E-state index >= 15 is 0 Å². The highest BCUT2D eigenvalue weighted by Crippen LogP contribution is 2.30. The van der Waals surface area contributed by atoms with Crippen LogP contribution in [0.3, 0.4) is 0 Å². The van der Waals surface area contributed by atoms with Crippen molar-refractivity contribution in [2.45, 2.75) is 26.8 Å². The van der Waals surface area contributed by atoms with Crippen LogP contribution >= 0.6 is 11.6 Å². The molecule has 0 spiro atoms. The first-order valence-corrected chi connectivity index (χ1v) is 6.76. The van der Waals surface area contributed by atoms with Gasteiger partial charge in [-0.25, -0.2) is 0 Å². The van der Waals surface area contributed by atoms with E-state index in [1.54, 1.807) is 12.4 Å². The molecule has 2 rings (SSSR count). The minimum atomic E-state index is 0.0924. The smallest absolute Gasteiger partial charge is 0.0640 e. The molecular formula is C16H19ClN2. The van der Waals surface area contributed by atoms with Gasteiger partial charge in [-0.3, -0.25) is 4.98 Å². The summed E-state index contributed by atoms with van der Waals surface area (Å²) in [7, 11) is 1.95. The molecule has 0 amide bonds. The van der Waals surface area contributed by atoms with Crippen LogP contribution in [0.15, 0.2) is 30.6 Å². The van der Waals surface area contributed by atoms with Crippen molar-refractivity contribution in [3.63, 3.8) is 0 Å². The van der Waals surface area contributed by atoms with Gasteiger partial charge in [0.15, 0.2) is 0 Å². The van der Waals surface area contributed by atoms with E-state index in [2.05, 4.69) is 43.2 Å². The first kappa shape index (κ1) is 14.0. The summed E-state index contributed by atoms with van der Waals surface area (Å²) >= 11 is 6.27. The summed E-state index contributed by atoms with van der Waals surface area (Å²) in [6.45, 7) is 6.42. The monoisotopic (exact) mass is 274 g/mol. The third kappa shape index (κ3) is 2.80. The molecule has 100 valence electrons. The van der Waals surface area contributed by atoms with Gasteiger partial charge in [0.1, 0.15) is 0 Å². The zero-order chi connectivity index (χ0) is 14.0. The Hall–Kier alpha value is -1.38. The fourth-order valence-corrected chi connectivity index (χ4v) is 2.62. The normalized spacial score (nSPS) is 12.5. The molecule has 0 saturated carbocycles. The summed E-state index contributed by atoms with van der Waals surface area (Å²) in [5.74, 6) is 0. The average Bonchev–Trinajstić information content (AvgIpc) is 2.38. The average molecular weight is 275 g/mol. The highest BCUT2D eigenvalue weighted by Gasteiger charge is 2.17. The fourth-order valence-electron chi connectivity index (χ4n) is 2.39. The minimum absolute atomic E-state index is 0.0924. The lowest BCUT2D eigenvalue weighted by Gasteiger charge is -2.21. The summed E-state index contributed by atoms with van der Waals surface area (Å²) in [4.78, 5) is 4.05. The Kier molecular flexibility index (Phi) is 4.23. The number of nitrogens with zero attached hydrogens (tertiary/aromatic N) is 1. The molecule has 3 heteroatoms. The van der Waals surface area contributed by atoms with E-state index in [-0.39, 0.29) is 6.04 Å². The second kappa shape index (κ2) is 5.72. The SMILES string of the molecule is CNC(c1cc(C)c(C)cc1C)c1ccncc1Cl. The second-order valence-corrected chi connectivity index (χ2v) is 5.32. The quantitative estimate of drug-likeness (QED) is 0.916. The molecule has 0 fully saturated rings. The molecule has 0 aliphatic heterocycles. The molecule has 0 radical (unpaired) electrons. The van der Waals surface area contributed by atoms with Crippen LogP contribution in [0.1, 0.15) is 33.9 Å². The zero-order valence-corrected chi connectivity index (χ0v) is 12.5. The Bertz CT molecular complexity index is 593. The molecule has 1 atom stereocenters. The molecule has 1 unspecified atom stereocenters. The van der Waals surface area contributed by atoms with E-state index in [1.165, 1.54) is 22.3 Å². The van der Waals surface area contributed by atoms with Gasteiger partial charge in [0, 0.05) is 12.4 Å². The molecular weight excluding hydrogens is 256 g/mol. The predicted molar refractivity (Wildman–Crippen MR) is 80.8 cm³/mol. The summed E-state index contributed by atoms with van der Waals surface area (Å²) in [5, 5.41) is 4.04. The molecule has 0 bridgehead atoms. The van der Waals surface area contributed by atoms with Crippen LogP contribution in [-0.4, -0.2) is 12.0 Å². The number of benzene rings is 1. The lowest BCUT2D eigenvalue weighted by atomic mass is 9.92. The van der Waals surface area contributed by atoms with Gasteiger partial charge in [0.05, 0.1) is 11.1 Å². The molecule has 0 aliphatic rings. The number of hydrogen-bond acceptors (Lipinski definition) is 2. The van der Waals surface area contributed by atoms with Gasteiger partial charge >= 0.3 is 0 Å². The van der Waals surface area contributed by atoms with Crippen molar-refractivity contribution in [3.05, 3.63) is 63.4 Å². The number of rotatable bonds is 3. The highest BCUT2D eigenvalue weighted by atomic mass is 35.5. The maximum Gasteiger partial charge on any atom is 0.0640 e. The fraction of sp³-hybridized carbons (Fsp3) is 0.312. The highest BCUT2D eigenvalue weighted by molar-refractivity contribution is 6.31. The molecule has 0 saturated heterocycles. The van der Waals surface area contributed by atoms with Crippen LogP contribution in [-0.2, 0) is 0 Å². The van der Waals surface area contributed by atoms with Gasteiger partial charge in [-0.2, -0.15) is 0 Å². The van der Waals surface area contributed by atoms with Crippen molar-refractivity contribution in [2.24, 2.45) is 0 Å². The first-order chi connectivity index (χ1) is 9.04. The molecule has 0 aliphatic carbocycles. The Balaban J connectivity index is 2.55. The Morgan fingerprint density at radius 2 is 1.74 bits per heavy atom. The van der Waals surface area contributed by atoms with Crippen molar-refractivity contribution in [1.82, 2.24) is 10.3 Å². The summed E-state index contributed by atoms with van der Waals surface area (Å²) < 4.78 is 0. The molecule has 1 aromatic heterocycles. The zero-order valence-electron chi connectivity index (χ0n) is 11.8. The number of aryl methyl sites for hydroxylation is 3. The van der Waals surface area contributed by atoms with Crippen LogP contribution < -0.4 is 5.32 Å². The van der Waals surface area contributed by atoms with E-state index in [1.807, 2.05) is 13.1 Å². The Morgan fingerprint density at radius 1 is 1.05 bits per heavy atom. The van der Waals surface area contributed by atoms with E-state index in [0.717, 1.165) is 5.56 Å². The lowest BCUT2D eigenvalue weighted by Crippen LogP contribution is -2.19. The van der Waals surface area contributed by atoms with Crippen LogP contribution in [0.2, 0.25) is 5.02 Å². The maximum absolute atomic E-state index is 6.27. The topological polar surface area (TPSA) is 24.9 Å². The van der Waals surface area contributed by atoms with Gasteiger partial charge in [0.2, 0.25) is 0 Å². The second-order valence-electron chi connectivity index (χ2n) is 4.91. The van der Waals surface area contributed by atoms with Gasteiger partial charge in [0.25, 0.3) is 0 Å². The maximum atomic E-state index is 6.27. The minimum Gasteiger partial charge on any atom is -0.309 e. The molecule has 1 heterocycles. The van der Waals surface area contributed by atoms with E-state index < -0.39 is 0 Å². The van der Waals surface area contributed by atoms with Crippen LogP contribution in [0.5, 0.6) is 0 Å². The molecule has 2 nitrogen and oxygen atoms in total. The van der Waals surface area contributed by atoms with Crippen LogP contribution in [0, 0.1) is 20.8 Å². The number of aromatic nitrogens is 1. The Labute approximate surface area is 119 Å². The number of halogens is 1. The Morgan fingerprint density at radius 3 is 2.37 bits per heavy atom. The number of hydrogen-bond donors (Lipinski definition) is 1. The van der Waals surface area contributed by atoms with Gasteiger partial charge in [-0.15, -0.1) is 0 Å².